The van der Waals surface area contributed by atoms with Gasteiger partial charge in [0.2, 0.25) is 0 Å². The predicted molar refractivity (Wildman–Crippen MR) is 78.3 cm³/mol. The van der Waals surface area contributed by atoms with Gasteiger partial charge < -0.3 is 4.79 Å². The van der Waals surface area contributed by atoms with Crippen LogP contribution in [-0.2, 0) is 4.79 Å². The fourth-order valence-electron chi connectivity index (χ4n) is 2.06. The molecule has 98 valence electrons. The van der Waals surface area contributed by atoms with E-state index in [-0.39, 0.29) is 5.92 Å². The Balaban J connectivity index is 2.60. The molecular formula is C17H24O. The summed E-state index contributed by atoms with van der Waals surface area (Å²) in [4.78, 5) is 11.0. The molecule has 0 aliphatic carbocycles. The number of unbranched alkanes of at least 4 members (excludes halogenated alkanes) is 2. The van der Waals surface area contributed by atoms with E-state index in [0.717, 1.165) is 12.7 Å². The number of benzene rings is 1. The zero-order chi connectivity index (χ0) is 13.2. The van der Waals surface area contributed by atoms with Crippen molar-refractivity contribution in [2.24, 2.45) is 11.8 Å². The maximum absolute atomic E-state index is 11.0. The van der Waals surface area contributed by atoms with Crippen molar-refractivity contribution in [2.45, 2.75) is 39.5 Å². The highest BCUT2D eigenvalue weighted by Gasteiger charge is 2.12. The molecule has 0 spiro atoms. The molecule has 0 aliphatic heterocycles. The van der Waals surface area contributed by atoms with Crippen molar-refractivity contribution in [3.8, 4) is 0 Å². The largest absolute Gasteiger partial charge is 0.303 e. The molecule has 0 aliphatic rings. The fraction of sp³-hybridized carbons (Fsp3) is 0.471. The molecule has 18 heavy (non-hydrogen) atoms. The van der Waals surface area contributed by atoms with Gasteiger partial charge >= 0.3 is 0 Å². The summed E-state index contributed by atoms with van der Waals surface area (Å²) >= 11 is 0. The number of carbonyl (C=O) groups excluding carboxylic acids is 1. The topological polar surface area (TPSA) is 17.1 Å². The van der Waals surface area contributed by atoms with Gasteiger partial charge in [0.05, 0.1) is 0 Å². The van der Waals surface area contributed by atoms with Gasteiger partial charge in [-0.15, -0.1) is 0 Å². The lowest BCUT2D eigenvalue weighted by molar-refractivity contribution is -0.111. The molecule has 0 aromatic heterocycles. The average Bonchev–Trinajstić information content (AvgIpc) is 2.43. The quantitative estimate of drug-likeness (QED) is 0.477. The van der Waals surface area contributed by atoms with E-state index in [4.69, 9.17) is 0 Å². The van der Waals surface area contributed by atoms with Gasteiger partial charge in [0.25, 0.3) is 0 Å². The highest BCUT2D eigenvalue weighted by atomic mass is 16.1. The van der Waals surface area contributed by atoms with Gasteiger partial charge in [-0.2, -0.15) is 0 Å². The van der Waals surface area contributed by atoms with Crippen molar-refractivity contribution in [1.82, 2.24) is 0 Å². The minimum atomic E-state index is 0.113. The molecule has 0 saturated heterocycles. The molecule has 0 heterocycles. The second kappa shape index (κ2) is 8.68. The van der Waals surface area contributed by atoms with E-state index in [1.807, 2.05) is 25.1 Å². The van der Waals surface area contributed by atoms with Gasteiger partial charge in [-0.25, -0.2) is 0 Å². The van der Waals surface area contributed by atoms with Crippen molar-refractivity contribution in [2.75, 3.05) is 0 Å². The fourth-order valence-corrected chi connectivity index (χ4v) is 2.06. The Kier molecular flexibility index (Phi) is 7.09. The van der Waals surface area contributed by atoms with Gasteiger partial charge in [0.1, 0.15) is 6.29 Å². The Hall–Kier alpha value is -1.37. The van der Waals surface area contributed by atoms with E-state index >= 15 is 0 Å². The number of hydrogen-bond acceptors (Lipinski definition) is 1. The van der Waals surface area contributed by atoms with Gasteiger partial charge in [0.15, 0.2) is 0 Å². The first-order valence-corrected chi connectivity index (χ1v) is 6.96. The SMILES string of the molecule is CCCCC[C@@H](/C=C/c1ccccc1)[C@@H](C)C=O. The second-order valence-corrected chi connectivity index (χ2v) is 4.92. The third-order valence-electron chi connectivity index (χ3n) is 3.37. The Bertz CT molecular complexity index is 353. The van der Waals surface area contributed by atoms with Crippen molar-refractivity contribution < 1.29 is 4.79 Å². The van der Waals surface area contributed by atoms with Crippen LogP contribution < -0.4 is 0 Å². The summed E-state index contributed by atoms with van der Waals surface area (Å²) in [6, 6.07) is 10.3. The zero-order valence-electron chi connectivity index (χ0n) is 11.5. The third-order valence-corrected chi connectivity index (χ3v) is 3.37. The van der Waals surface area contributed by atoms with E-state index < -0.39 is 0 Å². The normalized spacial score (nSPS) is 14.6. The van der Waals surface area contributed by atoms with Crippen LogP contribution in [0.15, 0.2) is 36.4 Å². The molecule has 1 aromatic carbocycles. The molecule has 0 amide bonds. The number of aldehydes is 1. The zero-order valence-corrected chi connectivity index (χ0v) is 11.5. The molecule has 0 N–H and O–H groups in total. The third kappa shape index (κ3) is 5.31. The Morgan fingerprint density at radius 2 is 1.89 bits per heavy atom. The number of allylic oxidation sites excluding steroid dienone is 1. The minimum Gasteiger partial charge on any atom is -0.303 e. The monoisotopic (exact) mass is 244 g/mol. The van der Waals surface area contributed by atoms with Crippen LogP contribution in [0.25, 0.3) is 6.08 Å². The molecule has 0 unspecified atom stereocenters. The van der Waals surface area contributed by atoms with Crippen molar-refractivity contribution in [3.05, 3.63) is 42.0 Å². The van der Waals surface area contributed by atoms with Crippen LogP contribution in [0.4, 0.5) is 0 Å². The van der Waals surface area contributed by atoms with Crippen LogP contribution in [0.5, 0.6) is 0 Å². The van der Waals surface area contributed by atoms with Crippen molar-refractivity contribution in [3.63, 3.8) is 0 Å². The van der Waals surface area contributed by atoms with Gasteiger partial charge in [-0.05, 0) is 17.9 Å². The van der Waals surface area contributed by atoms with Gasteiger partial charge in [-0.1, -0.05) is 75.6 Å². The summed E-state index contributed by atoms with van der Waals surface area (Å²) in [5, 5.41) is 0. The van der Waals surface area contributed by atoms with Gasteiger partial charge in [0, 0.05) is 5.92 Å². The summed E-state index contributed by atoms with van der Waals surface area (Å²) in [6.45, 7) is 4.22. The maximum Gasteiger partial charge on any atom is 0.123 e. The van der Waals surface area contributed by atoms with E-state index in [9.17, 15) is 4.79 Å². The van der Waals surface area contributed by atoms with Crippen LogP contribution in [0, 0.1) is 11.8 Å². The summed E-state index contributed by atoms with van der Waals surface area (Å²) in [6.07, 6.45) is 10.2. The van der Waals surface area contributed by atoms with E-state index in [1.54, 1.807) is 0 Å². The molecule has 1 nitrogen and oxygen atoms in total. The lowest BCUT2D eigenvalue weighted by atomic mass is 9.89. The first-order chi connectivity index (χ1) is 8.77. The van der Waals surface area contributed by atoms with E-state index in [1.165, 1.54) is 24.8 Å². The molecule has 1 aromatic rings. The highest BCUT2D eigenvalue weighted by Crippen LogP contribution is 2.20. The van der Waals surface area contributed by atoms with E-state index in [0.29, 0.717) is 5.92 Å². The molecule has 1 heteroatoms. The van der Waals surface area contributed by atoms with Crippen LogP contribution in [0.3, 0.4) is 0 Å². The summed E-state index contributed by atoms with van der Waals surface area (Å²) in [5.74, 6) is 0.482. The Morgan fingerprint density at radius 1 is 1.17 bits per heavy atom. The van der Waals surface area contributed by atoms with Gasteiger partial charge in [-0.3, -0.25) is 0 Å². The molecule has 0 saturated carbocycles. The molecule has 1 rings (SSSR count). The lowest BCUT2D eigenvalue weighted by Gasteiger charge is -2.15. The summed E-state index contributed by atoms with van der Waals surface area (Å²) in [5.41, 5.74) is 1.20. The van der Waals surface area contributed by atoms with Crippen LogP contribution in [-0.4, -0.2) is 6.29 Å². The number of carbonyl (C=O) groups is 1. The molecule has 0 radical (unpaired) electrons. The molecule has 2 atom stereocenters. The smallest absolute Gasteiger partial charge is 0.123 e. The summed E-state index contributed by atoms with van der Waals surface area (Å²) < 4.78 is 0. The highest BCUT2D eigenvalue weighted by molar-refractivity contribution is 5.56. The average molecular weight is 244 g/mol. The maximum atomic E-state index is 11.0. The van der Waals surface area contributed by atoms with Crippen LogP contribution in [0.2, 0.25) is 0 Å². The summed E-state index contributed by atoms with van der Waals surface area (Å²) in [7, 11) is 0. The number of hydrogen-bond donors (Lipinski definition) is 0. The first-order valence-electron chi connectivity index (χ1n) is 6.96. The number of rotatable bonds is 8. The molecular weight excluding hydrogens is 220 g/mol. The predicted octanol–water partition coefficient (Wildman–Crippen LogP) is 4.73. The standard InChI is InChI=1S/C17H24O/c1-3-4-6-11-17(15(2)14-18)13-12-16-9-7-5-8-10-16/h5,7-10,12-15,17H,3-4,6,11H2,1-2H3/b13-12+/t15-,17-/m0/s1. The first kappa shape index (κ1) is 14.7. The Labute approximate surface area is 111 Å². The van der Waals surface area contributed by atoms with Crippen LogP contribution >= 0.6 is 0 Å². The van der Waals surface area contributed by atoms with Crippen LogP contribution in [0.1, 0.15) is 45.1 Å². The lowest BCUT2D eigenvalue weighted by Crippen LogP contribution is -2.10. The molecule has 0 fully saturated rings. The second-order valence-electron chi connectivity index (χ2n) is 4.92. The van der Waals surface area contributed by atoms with Crippen molar-refractivity contribution >= 4 is 12.4 Å². The van der Waals surface area contributed by atoms with Crippen molar-refractivity contribution in [1.29, 1.82) is 0 Å². The van der Waals surface area contributed by atoms with E-state index in [2.05, 4.69) is 31.2 Å². The molecule has 0 bridgehead atoms. The Morgan fingerprint density at radius 3 is 2.50 bits per heavy atom. The minimum absolute atomic E-state index is 0.113.